The van der Waals surface area contributed by atoms with E-state index in [-0.39, 0.29) is 21.1 Å². The number of unbranched alkanes of at least 4 members (excludes halogenated alkanes) is 1. The Kier molecular flexibility index (Phi) is 9.94. The number of hydrogen-bond acceptors (Lipinski definition) is 4. The van der Waals surface area contributed by atoms with E-state index in [4.69, 9.17) is 14.6 Å². The van der Waals surface area contributed by atoms with Crippen molar-refractivity contribution in [1.29, 1.82) is 0 Å². The molecule has 7 heteroatoms. The molecule has 1 unspecified atom stereocenters. The number of allylic oxidation sites excluding steroid dienone is 2. The van der Waals surface area contributed by atoms with Crippen LogP contribution in [-0.4, -0.2) is 26.4 Å². The number of rotatable bonds is 9. The molecule has 3 aromatic heterocycles. The van der Waals surface area contributed by atoms with Gasteiger partial charge in [0.2, 0.25) is 0 Å². The number of aromatic nitrogens is 4. The zero-order valence-corrected chi connectivity index (χ0v) is 30.8. The molecule has 6 nitrogen and oxygen atoms in total. The third-order valence-electron chi connectivity index (χ3n) is 9.59. The van der Waals surface area contributed by atoms with E-state index in [1.54, 1.807) is 13.3 Å². The number of aryl methyl sites for hydroxylation is 2. The second kappa shape index (κ2) is 14.1. The van der Waals surface area contributed by atoms with Crippen LogP contribution in [0, 0.1) is 31.9 Å². The van der Waals surface area contributed by atoms with Gasteiger partial charge >= 0.3 is 21.1 Å². The average Bonchev–Trinajstić information content (AvgIpc) is 3.57. The average molecular weight is 818 g/mol. The quantitative estimate of drug-likeness (QED) is 0.108. The minimum atomic E-state index is 0. The predicted octanol–water partition coefficient (Wildman–Crippen LogP) is 10.2. The standard InChI is InChI=1S/C41H42N4O2.Pt/c1-7-8-15-37-41(40-27(3)12-11-13-28(40)4)29(5)43-45(37)30-21-26(2)22-33(23-30)47-32-17-18-35-34-14-9-10-16-36(34)44(38(35)24-32)39-25-31(46-6)19-20-42-39;/h9-10,12,14,16-22,25,28,40H,7-8,11,13,15H2,1-6H3;/q-2;+2/t28-,40?;/m0./s1. The van der Waals surface area contributed by atoms with Crippen LogP contribution in [0.4, 0.5) is 0 Å². The Labute approximate surface area is 298 Å². The number of ether oxygens (including phenoxy) is 2. The minimum Gasteiger partial charge on any atom is -0.509 e. The molecule has 1 aliphatic carbocycles. The Balaban J connectivity index is 0.00000401. The van der Waals surface area contributed by atoms with E-state index in [9.17, 15) is 0 Å². The molecule has 48 heavy (non-hydrogen) atoms. The molecule has 7 rings (SSSR count). The summed E-state index contributed by atoms with van der Waals surface area (Å²) in [5, 5.41) is 7.37. The van der Waals surface area contributed by atoms with E-state index in [0.29, 0.717) is 23.3 Å². The number of para-hydroxylation sites is 1. The van der Waals surface area contributed by atoms with Crippen LogP contribution in [0.1, 0.15) is 74.9 Å². The molecule has 0 spiro atoms. The van der Waals surface area contributed by atoms with E-state index in [0.717, 1.165) is 76.0 Å². The van der Waals surface area contributed by atoms with Crippen molar-refractivity contribution in [1.82, 2.24) is 19.3 Å². The van der Waals surface area contributed by atoms with Gasteiger partial charge in [-0.15, -0.1) is 35.7 Å². The molecule has 0 aliphatic heterocycles. The summed E-state index contributed by atoms with van der Waals surface area (Å²) in [7, 11) is 1.67. The molecular formula is C41H42N4O2Pt. The predicted molar refractivity (Wildman–Crippen MR) is 189 cm³/mol. The summed E-state index contributed by atoms with van der Waals surface area (Å²) in [5.74, 6) is 3.74. The monoisotopic (exact) mass is 817 g/mol. The fraction of sp³-hybridized carbons (Fsp3) is 0.317. The second-order valence-electron chi connectivity index (χ2n) is 12.9. The zero-order chi connectivity index (χ0) is 32.7. The van der Waals surface area contributed by atoms with Crippen molar-refractivity contribution in [3.8, 4) is 28.8 Å². The summed E-state index contributed by atoms with van der Waals surface area (Å²) in [6.45, 7) is 11.2. The van der Waals surface area contributed by atoms with E-state index < -0.39 is 0 Å². The van der Waals surface area contributed by atoms with Crippen LogP contribution < -0.4 is 9.47 Å². The number of hydrogen-bond donors (Lipinski definition) is 0. The maximum Gasteiger partial charge on any atom is 2.00 e. The molecule has 0 N–H and O–H groups in total. The van der Waals surface area contributed by atoms with Crippen molar-refractivity contribution >= 4 is 21.8 Å². The first-order chi connectivity index (χ1) is 22.9. The second-order valence-corrected chi connectivity index (χ2v) is 12.9. The van der Waals surface area contributed by atoms with Gasteiger partial charge in [0, 0.05) is 46.5 Å². The molecule has 248 valence electrons. The number of benzene rings is 3. The Morgan fingerprint density at radius 1 is 0.958 bits per heavy atom. The molecule has 0 saturated heterocycles. The van der Waals surface area contributed by atoms with Crippen molar-refractivity contribution in [3.05, 3.63) is 113 Å². The van der Waals surface area contributed by atoms with E-state index in [1.165, 1.54) is 23.3 Å². The van der Waals surface area contributed by atoms with Crippen molar-refractivity contribution in [2.75, 3.05) is 7.11 Å². The number of fused-ring (bicyclic) bond motifs is 3. The van der Waals surface area contributed by atoms with Crippen molar-refractivity contribution in [2.45, 2.75) is 72.6 Å². The topological polar surface area (TPSA) is 54.1 Å². The molecule has 0 fully saturated rings. The van der Waals surface area contributed by atoms with Crippen LogP contribution in [-0.2, 0) is 27.5 Å². The SMILES string of the molecule is CCCCc1c(C2C(C)=CCC[C@@H]2C)c(C)nn1-c1[c-]c(Oc2[c-]c3c(cc2)c2ccccc2n3-c2cc(OC)ccn2)cc(C)c1.[Pt+2]. The van der Waals surface area contributed by atoms with Crippen molar-refractivity contribution in [2.24, 2.45) is 5.92 Å². The van der Waals surface area contributed by atoms with Crippen LogP contribution in [0.15, 0.2) is 78.5 Å². The molecule has 2 atom stereocenters. The zero-order valence-electron chi connectivity index (χ0n) is 28.5. The number of pyridine rings is 1. The van der Waals surface area contributed by atoms with E-state index in [2.05, 4.69) is 97.4 Å². The molecule has 3 heterocycles. The third kappa shape index (κ3) is 6.23. The van der Waals surface area contributed by atoms with Gasteiger partial charge in [-0.05, 0) is 68.7 Å². The van der Waals surface area contributed by atoms with Gasteiger partial charge in [-0.25, -0.2) is 4.98 Å². The van der Waals surface area contributed by atoms with Gasteiger partial charge in [0.1, 0.15) is 11.6 Å². The van der Waals surface area contributed by atoms with Gasteiger partial charge in [-0.2, -0.15) is 16.7 Å². The van der Waals surface area contributed by atoms with Gasteiger partial charge in [-0.3, -0.25) is 4.68 Å². The number of methoxy groups -OCH3 is 1. The molecule has 3 aromatic carbocycles. The first-order valence-corrected chi connectivity index (χ1v) is 16.8. The van der Waals surface area contributed by atoms with Gasteiger partial charge in [0.15, 0.2) is 0 Å². The van der Waals surface area contributed by atoms with Crippen LogP contribution in [0.25, 0.3) is 33.3 Å². The Hall–Kier alpha value is -4.15. The van der Waals surface area contributed by atoms with E-state index in [1.807, 2.05) is 30.3 Å². The Morgan fingerprint density at radius 2 is 1.79 bits per heavy atom. The third-order valence-corrected chi connectivity index (χ3v) is 9.59. The van der Waals surface area contributed by atoms with Crippen LogP contribution in [0.5, 0.6) is 17.2 Å². The van der Waals surface area contributed by atoms with Gasteiger partial charge in [0.05, 0.1) is 12.8 Å². The summed E-state index contributed by atoms with van der Waals surface area (Å²) in [6.07, 6.45) is 9.78. The molecule has 0 radical (unpaired) electrons. The molecule has 0 saturated carbocycles. The fourth-order valence-electron chi connectivity index (χ4n) is 7.37. The van der Waals surface area contributed by atoms with Crippen molar-refractivity contribution in [3.63, 3.8) is 0 Å². The van der Waals surface area contributed by atoms with Crippen LogP contribution in [0.3, 0.4) is 0 Å². The van der Waals surface area contributed by atoms with Gasteiger partial charge in [0.25, 0.3) is 0 Å². The van der Waals surface area contributed by atoms with Crippen LogP contribution >= 0.6 is 0 Å². The minimum absolute atomic E-state index is 0. The smallest absolute Gasteiger partial charge is 0.509 e. The Morgan fingerprint density at radius 3 is 2.58 bits per heavy atom. The molecule has 0 amide bonds. The summed E-state index contributed by atoms with van der Waals surface area (Å²) in [6, 6.07) is 27.5. The molecule has 6 aromatic rings. The molecular weight excluding hydrogens is 776 g/mol. The normalized spacial score (nSPS) is 16.2. The summed E-state index contributed by atoms with van der Waals surface area (Å²) in [4.78, 5) is 4.68. The Bertz CT molecular complexity index is 2120. The van der Waals surface area contributed by atoms with Gasteiger partial charge in [-0.1, -0.05) is 62.6 Å². The largest absolute Gasteiger partial charge is 2.00 e. The van der Waals surface area contributed by atoms with Gasteiger partial charge < -0.3 is 14.0 Å². The van der Waals surface area contributed by atoms with Crippen molar-refractivity contribution < 1.29 is 30.5 Å². The first kappa shape index (κ1) is 33.7. The van der Waals surface area contributed by atoms with Crippen LogP contribution in [0.2, 0.25) is 0 Å². The summed E-state index contributed by atoms with van der Waals surface area (Å²) in [5.41, 5.74) is 9.19. The summed E-state index contributed by atoms with van der Waals surface area (Å²) >= 11 is 0. The fourth-order valence-corrected chi connectivity index (χ4v) is 7.37. The molecule has 0 bridgehead atoms. The maximum atomic E-state index is 6.55. The number of nitrogens with zero attached hydrogens (tertiary/aromatic N) is 4. The first-order valence-electron chi connectivity index (χ1n) is 16.8. The summed E-state index contributed by atoms with van der Waals surface area (Å²) < 4.78 is 16.3. The molecule has 1 aliphatic rings. The van der Waals surface area contributed by atoms with E-state index >= 15 is 0 Å². The maximum absolute atomic E-state index is 6.55.